The number of ether oxygens (including phenoxy) is 8. The number of nitrogens with one attached hydrogen (secondary N) is 2. The van der Waals surface area contributed by atoms with Crippen LogP contribution in [0.25, 0.3) is 0 Å². The Bertz CT molecular complexity index is 2250. The van der Waals surface area contributed by atoms with Gasteiger partial charge in [0.05, 0.1) is 56.3 Å². The van der Waals surface area contributed by atoms with Crippen molar-refractivity contribution in [3.05, 3.63) is 63.6 Å². The largest absolute Gasteiger partial charge is 0.600 e. The minimum Gasteiger partial charge on any atom is -0.600 e. The molecule has 24 atom stereocenters. The van der Waals surface area contributed by atoms with Gasteiger partial charge in [0.1, 0.15) is 29.6 Å². The monoisotopic (exact) mass is 1030 g/mol. The van der Waals surface area contributed by atoms with Gasteiger partial charge in [-0.15, -0.1) is 0 Å². The molecular weight excluding hydrogens is 949 g/mol. The highest BCUT2D eigenvalue weighted by Gasteiger charge is 2.64. The Morgan fingerprint density at radius 1 is 0.808 bits per heavy atom. The predicted octanol–water partition coefficient (Wildman–Crippen LogP) is 4.56. The first kappa shape index (κ1) is 55.7. The van der Waals surface area contributed by atoms with E-state index in [1.807, 2.05) is 58.9 Å². The third-order valence-corrected chi connectivity index (χ3v) is 18.2. The molecule has 24 unspecified atom stereocenters. The number of methoxy groups -OCH3 is 1. The molecule has 73 heavy (non-hydrogen) atoms. The quantitative estimate of drug-likeness (QED) is 0.0760. The number of amides is 1. The van der Waals surface area contributed by atoms with Crippen LogP contribution in [0, 0.1) is 52.0 Å². The molecule has 4 aliphatic carbocycles. The molecule has 7 N–H and O–H groups in total. The van der Waals surface area contributed by atoms with E-state index in [1.165, 1.54) is 7.11 Å². The molecule has 8 aliphatic rings. The second-order valence-corrected chi connectivity index (χ2v) is 23.2. The maximum atomic E-state index is 15.4. The molecular formula is C54H80N2O17. The zero-order valence-corrected chi connectivity index (χ0v) is 44.3. The van der Waals surface area contributed by atoms with Crippen LogP contribution in [0.2, 0.25) is 0 Å². The van der Waals surface area contributed by atoms with Crippen molar-refractivity contribution in [2.75, 3.05) is 7.11 Å². The summed E-state index contributed by atoms with van der Waals surface area (Å²) in [4.78, 5) is 42.4. The number of hydrogen-bond acceptors (Lipinski definition) is 17. The topological polar surface area (TPSA) is 266 Å². The second-order valence-electron chi connectivity index (χ2n) is 23.2. The van der Waals surface area contributed by atoms with E-state index in [9.17, 15) is 40.4 Å². The molecule has 5 fully saturated rings. The van der Waals surface area contributed by atoms with Gasteiger partial charge in [-0.3, -0.25) is 4.79 Å². The number of Topliss-reactive ketones (excluding diaryl/α,β-unsaturated/α-hetero) is 1. The molecule has 4 heterocycles. The highest BCUT2D eigenvalue weighted by molar-refractivity contribution is 6.26. The highest BCUT2D eigenvalue weighted by atomic mass is 16.8. The summed E-state index contributed by atoms with van der Waals surface area (Å²) in [6, 6.07) is -0.948. The standard InChI is InChI=1S/C54H80N2O17/c1-24-13-16-37(70-41-23-52(10,56(64)65)47(32(9)69-41)55-51(63)66-12)26(3)19-33-18-25(2)29(6)22-54(33)49(61)42(50(62)73-54)48(60)53(11)35(24)15-14-34-43(53)27(4)17-28(5)46(34)72-40-21-38(45(59)31(8)68-40)71-39-20-36(57)44(58)30(7)67-39/h13-15,18-19,27-41,43-47,56-60,64H,16-17,20-23H2,1-12H3,(H,55,63). The molecule has 19 nitrogen and oxygen atoms in total. The first-order valence-corrected chi connectivity index (χ1v) is 26.2. The molecule has 4 aliphatic heterocycles. The number of hydrogen-bond donors (Lipinski definition) is 7. The predicted molar refractivity (Wildman–Crippen MR) is 261 cm³/mol. The van der Waals surface area contributed by atoms with Gasteiger partial charge in [-0.1, -0.05) is 69.2 Å². The lowest BCUT2D eigenvalue weighted by Gasteiger charge is -2.56. The van der Waals surface area contributed by atoms with Gasteiger partial charge in [-0.25, -0.2) is 20.0 Å². The Morgan fingerprint density at radius 3 is 2.11 bits per heavy atom. The molecule has 1 spiro atoms. The Morgan fingerprint density at radius 2 is 1.45 bits per heavy atom. The molecule has 2 bridgehead atoms. The van der Waals surface area contributed by atoms with E-state index < -0.39 is 137 Å². The Labute approximate surface area is 428 Å². The summed E-state index contributed by atoms with van der Waals surface area (Å²) in [5.74, 6) is -4.13. The first-order chi connectivity index (χ1) is 34.2. The number of quaternary nitrogens is 1. The molecule has 408 valence electrons. The van der Waals surface area contributed by atoms with Gasteiger partial charge in [0, 0.05) is 42.4 Å². The molecule has 19 heteroatoms. The molecule has 4 saturated heterocycles. The fourth-order valence-electron chi connectivity index (χ4n) is 13.9. The fourth-order valence-corrected chi connectivity index (χ4v) is 13.9. The van der Waals surface area contributed by atoms with Crippen LogP contribution < -0.4 is 10.5 Å². The summed E-state index contributed by atoms with van der Waals surface area (Å²) in [7, 11) is 1.20. The van der Waals surface area contributed by atoms with Crippen molar-refractivity contribution in [3.63, 3.8) is 0 Å². The lowest BCUT2D eigenvalue weighted by Crippen LogP contribution is -3.17. The second kappa shape index (κ2) is 21.1. The number of carbonyl (C=O) groups is 3. The summed E-state index contributed by atoms with van der Waals surface area (Å²) in [5, 5.41) is 70.2. The van der Waals surface area contributed by atoms with Crippen molar-refractivity contribution in [2.45, 2.75) is 206 Å². The first-order valence-electron chi connectivity index (χ1n) is 26.2. The van der Waals surface area contributed by atoms with Crippen molar-refractivity contribution in [1.29, 1.82) is 0 Å². The number of rotatable bonds is 8. The van der Waals surface area contributed by atoms with Gasteiger partial charge in [-0.05, 0) is 90.6 Å². The number of aliphatic hydroxyl groups excluding tert-OH is 4. The van der Waals surface area contributed by atoms with E-state index >= 15 is 4.79 Å². The Hall–Kier alpha value is -3.57. The van der Waals surface area contributed by atoms with Gasteiger partial charge in [0.25, 0.3) is 0 Å². The molecule has 0 radical (unpaired) electrons. The zero-order chi connectivity index (χ0) is 53.4. The Kier molecular flexibility index (Phi) is 16.1. The number of aliphatic hydroxyl groups is 4. The van der Waals surface area contributed by atoms with Crippen LogP contribution in [-0.4, -0.2) is 142 Å². The third kappa shape index (κ3) is 10.0. The summed E-state index contributed by atoms with van der Waals surface area (Å²) < 4.78 is 49.8. The fraction of sp³-hybridized carbons (Fsp3) is 0.759. The zero-order valence-electron chi connectivity index (χ0n) is 44.3. The summed E-state index contributed by atoms with van der Waals surface area (Å²) in [6.07, 6.45) is 0.211. The maximum absolute atomic E-state index is 15.4. The number of ketones is 1. The number of allylic oxidation sites excluding steroid dienone is 4. The highest BCUT2D eigenvalue weighted by Crippen LogP contribution is 2.61. The van der Waals surface area contributed by atoms with Crippen molar-refractivity contribution < 1.29 is 83.1 Å². The van der Waals surface area contributed by atoms with Crippen molar-refractivity contribution in [1.82, 2.24) is 5.32 Å². The average molecular weight is 1030 g/mol. The van der Waals surface area contributed by atoms with Gasteiger partial charge in [-0.2, -0.15) is 0 Å². The van der Waals surface area contributed by atoms with E-state index in [2.05, 4.69) is 25.2 Å². The Balaban J connectivity index is 1.17. The number of hydroxylamine groups is 2. The van der Waals surface area contributed by atoms with Crippen LogP contribution >= 0.6 is 0 Å². The minimum atomic E-state index is -1.68. The maximum Gasteiger partial charge on any atom is 0.407 e. The van der Waals surface area contributed by atoms with E-state index in [4.69, 9.17) is 37.9 Å². The summed E-state index contributed by atoms with van der Waals surface area (Å²) in [5.41, 5.74) is -2.32. The number of esters is 1. The van der Waals surface area contributed by atoms with Crippen LogP contribution in [0.1, 0.15) is 115 Å². The van der Waals surface area contributed by atoms with Crippen LogP contribution in [0.3, 0.4) is 0 Å². The lowest BCUT2D eigenvalue weighted by atomic mass is 9.49. The van der Waals surface area contributed by atoms with Gasteiger partial charge < -0.3 is 68.8 Å². The van der Waals surface area contributed by atoms with Crippen molar-refractivity contribution in [2.24, 2.45) is 46.8 Å². The number of fused-ring (bicyclic) bond motifs is 4. The molecule has 0 aromatic rings. The van der Waals surface area contributed by atoms with Gasteiger partial charge in [0.2, 0.25) is 5.78 Å². The lowest BCUT2D eigenvalue weighted by molar-refractivity contribution is -1.09. The number of alkyl carbamates (subject to hydrolysis) is 1. The SMILES string of the molecule is COC(=O)NC1C(C)OC(OC2CC=C(C)C3C=CC4C(OC5CC(OC6CC(O)C(O)C(C)O6)C(O)C(C)O5)C(C)CC(C)C4C3(C)C(O)=C3C(=O)OC4(CC(C)C(C)=CC4C=C2C)C3=O)CC1(C)[NH+]([O-])O. The van der Waals surface area contributed by atoms with Gasteiger partial charge in [0.15, 0.2) is 30.0 Å². The van der Waals surface area contributed by atoms with E-state index in [1.54, 1.807) is 27.7 Å². The average Bonchev–Trinajstić information content (AvgIpc) is 3.56. The normalized spacial score (nSPS) is 47.7. The van der Waals surface area contributed by atoms with Crippen molar-refractivity contribution >= 4 is 17.8 Å². The summed E-state index contributed by atoms with van der Waals surface area (Å²) >= 11 is 0. The molecule has 1 amide bonds. The number of carbonyl (C=O) groups excluding carboxylic acids is 3. The van der Waals surface area contributed by atoms with Gasteiger partial charge >= 0.3 is 12.1 Å². The van der Waals surface area contributed by atoms with Crippen LogP contribution in [0.5, 0.6) is 0 Å². The molecule has 1 saturated carbocycles. The third-order valence-electron chi connectivity index (χ3n) is 18.2. The van der Waals surface area contributed by atoms with E-state index in [0.717, 1.165) is 11.1 Å². The van der Waals surface area contributed by atoms with E-state index in [0.29, 0.717) is 12.0 Å². The summed E-state index contributed by atoms with van der Waals surface area (Å²) in [6.45, 7) is 20.5. The molecule has 0 aromatic carbocycles. The van der Waals surface area contributed by atoms with Crippen LogP contribution in [0.4, 0.5) is 4.79 Å². The van der Waals surface area contributed by atoms with Crippen LogP contribution in [-0.2, 0) is 47.5 Å². The molecule has 0 aromatic heterocycles. The minimum absolute atomic E-state index is 0.0176. The van der Waals surface area contributed by atoms with Crippen molar-refractivity contribution in [3.8, 4) is 0 Å². The van der Waals surface area contributed by atoms with E-state index in [-0.39, 0.29) is 67.1 Å². The molecule has 8 rings (SSSR count). The smallest absolute Gasteiger partial charge is 0.407 e. The van der Waals surface area contributed by atoms with Crippen LogP contribution in [0.15, 0.2) is 58.4 Å².